The van der Waals surface area contributed by atoms with Gasteiger partial charge in [-0.25, -0.2) is 0 Å². The standard InChI is InChI=1S/C67H125N9O30/c1-57(105-66(96)9-18-75(34-52-100-61(91)4-13-70(24-42-81)25-43-82)35-53-101-62(92)5-14-71(26-44-83)27-45-84)58(106-67(97)10-19-76(36-54-102-63(93)6-15-72(28-46-85)29-47-86)37-55-103-64(94)7-16-73(30-48-87)31-49-88)56-104-65(95)8-17-74(32-50-98-59(89)2-11-68(20-38-77)21-39-78)33-51-99-60(90)3-12-69(22-40-79)23-41-80/h77-88H,2-56H2,1H3/b58-57-. The van der Waals surface area contributed by atoms with Crippen LogP contribution in [0.1, 0.15) is 64.7 Å². The molecule has 0 radical (unpaired) electrons. The molecule has 0 saturated heterocycles. The first-order valence-electron chi connectivity index (χ1n) is 36.2. The van der Waals surface area contributed by atoms with E-state index in [-0.39, 0.29) is 353 Å². The minimum absolute atomic E-state index is 0.00538. The second kappa shape index (κ2) is 68.4. The van der Waals surface area contributed by atoms with Crippen LogP contribution in [-0.4, -0.2) is 461 Å². The highest BCUT2D eigenvalue weighted by molar-refractivity contribution is 5.74. The van der Waals surface area contributed by atoms with Gasteiger partial charge in [0.05, 0.1) is 137 Å². The van der Waals surface area contributed by atoms with Gasteiger partial charge in [-0.05, 0) is 6.92 Å². The van der Waals surface area contributed by atoms with E-state index in [1.54, 1.807) is 44.1 Å². The van der Waals surface area contributed by atoms with Crippen LogP contribution in [-0.2, 0) is 85.8 Å². The molecule has 0 atom stereocenters. The van der Waals surface area contributed by atoms with E-state index in [9.17, 15) is 104 Å². The zero-order valence-electron chi connectivity index (χ0n) is 62.1. The molecule has 106 heavy (non-hydrogen) atoms. The van der Waals surface area contributed by atoms with Crippen molar-refractivity contribution in [1.29, 1.82) is 0 Å². The van der Waals surface area contributed by atoms with Crippen molar-refractivity contribution >= 4 is 53.7 Å². The number of esters is 9. The van der Waals surface area contributed by atoms with Crippen LogP contribution in [0.25, 0.3) is 0 Å². The van der Waals surface area contributed by atoms with Crippen molar-refractivity contribution in [3.63, 3.8) is 0 Å². The SMILES string of the molecule is C/C(OC(=O)CCN(CCOC(=O)CCN(CCO)CCO)CCOC(=O)CCN(CCO)CCO)=C(\COC(=O)CCN(CCOC(=O)CCN(CCO)CCO)CCOC(=O)CCN(CCO)CCO)OC(=O)CCN(CCOC(=O)CCN(CCO)CCO)CCOC(=O)CCN(CCO)CCO. The first kappa shape index (κ1) is 100. The number of hydrogen-bond donors (Lipinski definition) is 12. The molecule has 12 N–H and O–H groups in total. The lowest BCUT2D eigenvalue weighted by Gasteiger charge is -2.23. The number of aliphatic hydroxyl groups excluding tert-OH is 12. The number of nitrogens with zero attached hydrogens (tertiary/aromatic N) is 9. The Kier molecular flexibility index (Phi) is 64.6. The molecular weight excluding hydrogens is 1410 g/mol. The normalized spacial score (nSPS) is 11.9. The zero-order valence-corrected chi connectivity index (χ0v) is 62.1. The molecule has 0 aromatic rings. The van der Waals surface area contributed by atoms with Crippen molar-refractivity contribution in [2.24, 2.45) is 0 Å². The number of aliphatic hydroxyl groups is 12. The summed E-state index contributed by atoms with van der Waals surface area (Å²) in [5.74, 6) is -7.05. The maximum Gasteiger partial charge on any atom is 0.312 e. The highest BCUT2D eigenvalue weighted by Gasteiger charge is 2.23. The molecule has 39 heteroatoms. The largest absolute Gasteiger partial charge is 0.464 e. The number of ether oxygens (including phenoxy) is 9. The van der Waals surface area contributed by atoms with E-state index < -0.39 is 72.5 Å². The lowest BCUT2D eigenvalue weighted by atomic mass is 10.3. The molecule has 0 bridgehead atoms. The fourth-order valence-electron chi connectivity index (χ4n) is 10.0. The fourth-order valence-corrected chi connectivity index (χ4v) is 10.0. The minimum atomic E-state index is -0.945. The van der Waals surface area contributed by atoms with Gasteiger partial charge >= 0.3 is 53.7 Å². The van der Waals surface area contributed by atoms with Gasteiger partial charge < -0.3 is 104 Å². The van der Waals surface area contributed by atoms with Crippen LogP contribution in [0.4, 0.5) is 0 Å². The molecule has 618 valence electrons. The molecule has 0 saturated carbocycles. The lowest BCUT2D eigenvalue weighted by Crippen LogP contribution is -2.35. The van der Waals surface area contributed by atoms with Gasteiger partial charge in [0.25, 0.3) is 0 Å². The second-order valence-corrected chi connectivity index (χ2v) is 23.9. The van der Waals surface area contributed by atoms with Crippen molar-refractivity contribution in [2.45, 2.75) is 64.7 Å². The van der Waals surface area contributed by atoms with Crippen LogP contribution in [0.15, 0.2) is 11.5 Å². The Bertz CT molecular complexity index is 2210. The van der Waals surface area contributed by atoms with Crippen LogP contribution in [0.2, 0.25) is 0 Å². The Morgan fingerprint density at radius 2 is 0.349 bits per heavy atom. The average Bonchev–Trinajstić information content (AvgIpc) is 0.925. The predicted octanol–water partition coefficient (Wildman–Crippen LogP) is -7.76. The molecule has 0 aliphatic rings. The fraction of sp³-hybridized carbons (Fsp3) is 0.836. The van der Waals surface area contributed by atoms with Crippen molar-refractivity contribution in [3.05, 3.63) is 11.5 Å². The maximum absolute atomic E-state index is 14.0. The third kappa shape index (κ3) is 56.4. The van der Waals surface area contributed by atoms with Gasteiger partial charge in [0, 0.05) is 177 Å². The second-order valence-electron chi connectivity index (χ2n) is 23.9. The van der Waals surface area contributed by atoms with Crippen LogP contribution < -0.4 is 0 Å². The highest BCUT2D eigenvalue weighted by Crippen LogP contribution is 2.14. The van der Waals surface area contributed by atoms with Crippen LogP contribution in [0.3, 0.4) is 0 Å². The van der Waals surface area contributed by atoms with Gasteiger partial charge in [-0.15, -0.1) is 0 Å². The van der Waals surface area contributed by atoms with Gasteiger partial charge in [-0.2, -0.15) is 0 Å². The Morgan fingerprint density at radius 3 is 0.528 bits per heavy atom. The molecule has 0 aliphatic heterocycles. The summed E-state index contributed by atoms with van der Waals surface area (Å²) in [5, 5.41) is 113. The zero-order chi connectivity index (χ0) is 78.8. The van der Waals surface area contributed by atoms with Crippen molar-refractivity contribution < 1.29 is 147 Å². The Labute approximate surface area is 621 Å². The smallest absolute Gasteiger partial charge is 0.312 e. The Morgan fingerprint density at radius 1 is 0.198 bits per heavy atom. The van der Waals surface area contributed by atoms with Gasteiger partial charge in [0.2, 0.25) is 0 Å². The summed E-state index contributed by atoms with van der Waals surface area (Å²) in [5.41, 5.74) is 0. The molecule has 0 unspecified atom stereocenters. The van der Waals surface area contributed by atoms with Crippen molar-refractivity contribution in [1.82, 2.24) is 44.1 Å². The summed E-state index contributed by atoms with van der Waals surface area (Å²) in [7, 11) is 0. The first-order chi connectivity index (χ1) is 51.2. The van der Waals surface area contributed by atoms with E-state index in [0.29, 0.717) is 0 Å². The lowest BCUT2D eigenvalue weighted by molar-refractivity contribution is -0.150. The van der Waals surface area contributed by atoms with E-state index in [2.05, 4.69) is 0 Å². The number of rotatable bonds is 73. The summed E-state index contributed by atoms with van der Waals surface area (Å²) >= 11 is 0. The van der Waals surface area contributed by atoms with Crippen LogP contribution >= 0.6 is 0 Å². The molecule has 0 heterocycles. The summed E-state index contributed by atoms with van der Waals surface area (Å²) in [6, 6.07) is 0. The molecule has 0 amide bonds. The molecule has 0 fully saturated rings. The van der Waals surface area contributed by atoms with E-state index >= 15 is 0 Å². The maximum atomic E-state index is 14.0. The predicted molar refractivity (Wildman–Crippen MR) is 376 cm³/mol. The third-order valence-electron chi connectivity index (χ3n) is 16.0. The van der Waals surface area contributed by atoms with Crippen LogP contribution in [0.5, 0.6) is 0 Å². The first-order valence-corrected chi connectivity index (χ1v) is 36.2. The summed E-state index contributed by atoms with van der Waals surface area (Å²) < 4.78 is 49.8. The summed E-state index contributed by atoms with van der Waals surface area (Å²) in [4.78, 5) is 133. The molecule has 0 rings (SSSR count). The molecule has 0 aliphatic carbocycles. The molecule has 0 aromatic carbocycles. The van der Waals surface area contributed by atoms with Gasteiger partial charge in [0.1, 0.15) is 45.4 Å². The van der Waals surface area contributed by atoms with E-state index in [0.717, 1.165) is 0 Å². The highest BCUT2D eigenvalue weighted by atomic mass is 16.6. The molecule has 0 spiro atoms. The van der Waals surface area contributed by atoms with E-state index in [4.69, 9.17) is 42.6 Å². The quantitative estimate of drug-likeness (QED) is 0.0153. The Hall–Kier alpha value is -5.87. The van der Waals surface area contributed by atoms with Gasteiger partial charge in [-0.3, -0.25) is 87.3 Å². The average molecular weight is 1540 g/mol. The van der Waals surface area contributed by atoms with Gasteiger partial charge in [-0.1, -0.05) is 0 Å². The summed E-state index contributed by atoms with van der Waals surface area (Å²) in [6.45, 7) is 0.423. The topological polar surface area (TPSA) is 509 Å². The number of hydrogen-bond acceptors (Lipinski definition) is 39. The monoisotopic (exact) mass is 1540 g/mol. The number of allylic oxidation sites excluding steroid dienone is 1. The van der Waals surface area contributed by atoms with Crippen LogP contribution in [0, 0.1) is 0 Å². The molecule has 0 aromatic heterocycles. The minimum Gasteiger partial charge on any atom is -0.464 e. The third-order valence-corrected chi connectivity index (χ3v) is 16.0. The molecule has 39 nitrogen and oxygen atoms in total. The summed E-state index contributed by atoms with van der Waals surface area (Å²) in [6.07, 6.45) is -1.61. The molecular formula is C67H125N9O30. The van der Waals surface area contributed by atoms with E-state index in [1.807, 2.05) is 0 Å². The number of carbonyl (C=O) groups excluding carboxylic acids is 9. The number of carbonyl (C=O) groups is 9. The van der Waals surface area contributed by atoms with Crippen molar-refractivity contribution in [3.8, 4) is 0 Å². The Balaban J connectivity index is 7.03. The van der Waals surface area contributed by atoms with Crippen molar-refractivity contribution in [2.75, 3.05) is 302 Å². The van der Waals surface area contributed by atoms with Gasteiger partial charge in [0.15, 0.2) is 12.4 Å². The van der Waals surface area contributed by atoms with E-state index in [1.165, 1.54) is 6.92 Å².